The largest absolute Gasteiger partial charge is 0.206 e. The molecule has 28 heavy (non-hydrogen) atoms. The van der Waals surface area contributed by atoms with Crippen molar-refractivity contribution in [1.82, 2.24) is 0 Å². The van der Waals surface area contributed by atoms with Crippen molar-refractivity contribution < 1.29 is 8.78 Å². The maximum atomic E-state index is 15.4. The minimum Gasteiger partial charge on any atom is -0.206 e. The van der Waals surface area contributed by atoms with Crippen LogP contribution in [0.25, 0.3) is 11.1 Å². The number of benzene rings is 3. The highest BCUT2D eigenvalue weighted by atomic mass is 35.5. The van der Waals surface area contributed by atoms with Gasteiger partial charge in [0.25, 0.3) is 0 Å². The first-order chi connectivity index (χ1) is 13.4. The summed E-state index contributed by atoms with van der Waals surface area (Å²) in [7, 11) is 0. The molecule has 0 fully saturated rings. The maximum Gasteiger partial charge on any atom is 0.142 e. The number of hydrogen-bond acceptors (Lipinski definition) is 0. The maximum absolute atomic E-state index is 15.4. The van der Waals surface area contributed by atoms with Crippen LogP contribution >= 0.6 is 11.6 Å². The molecule has 0 amide bonds. The van der Waals surface area contributed by atoms with Crippen molar-refractivity contribution in [1.29, 1.82) is 0 Å². The Bertz CT molecular complexity index is 1040. The van der Waals surface area contributed by atoms with Gasteiger partial charge in [0.15, 0.2) is 0 Å². The molecule has 0 saturated heterocycles. The minimum absolute atomic E-state index is 0.0227. The van der Waals surface area contributed by atoms with Gasteiger partial charge in [0.1, 0.15) is 11.6 Å². The second-order valence-corrected chi connectivity index (χ2v) is 8.09. The molecule has 0 aliphatic heterocycles. The highest BCUT2D eigenvalue weighted by molar-refractivity contribution is 6.33. The van der Waals surface area contributed by atoms with Crippen molar-refractivity contribution in [2.75, 3.05) is 0 Å². The predicted octanol–water partition coefficient (Wildman–Crippen LogP) is 7.60. The fourth-order valence-electron chi connectivity index (χ4n) is 4.64. The third-order valence-corrected chi connectivity index (χ3v) is 6.50. The fraction of sp³-hybridized carbons (Fsp3) is 0.280. The molecule has 0 nitrogen and oxygen atoms in total. The Kier molecular flexibility index (Phi) is 5.01. The Labute approximate surface area is 170 Å². The van der Waals surface area contributed by atoms with E-state index in [4.69, 9.17) is 11.6 Å². The number of hydrogen-bond donors (Lipinski definition) is 0. The molecule has 2 atom stereocenters. The van der Waals surface area contributed by atoms with Gasteiger partial charge in [0.05, 0.1) is 5.02 Å². The molecule has 0 N–H and O–H groups in total. The molecule has 1 aliphatic carbocycles. The van der Waals surface area contributed by atoms with Gasteiger partial charge in [-0.1, -0.05) is 67.9 Å². The fourth-order valence-corrected chi connectivity index (χ4v) is 4.89. The zero-order chi connectivity index (χ0) is 20.0. The summed E-state index contributed by atoms with van der Waals surface area (Å²) >= 11 is 6.47. The number of halogens is 3. The van der Waals surface area contributed by atoms with Crippen molar-refractivity contribution in [3.8, 4) is 11.1 Å². The van der Waals surface area contributed by atoms with Crippen LogP contribution in [0.15, 0.2) is 48.5 Å². The zero-order valence-corrected chi connectivity index (χ0v) is 17.1. The Balaban J connectivity index is 1.96. The molecular weight excluding hydrogens is 374 g/mol. The molecule has 4 rings (SSSR count). The van der Waals surface area contributed by atoms with Gasteiger partial charge >= 0.3 is 0 Å². The molecular formula is C25H23ClF2. The lowest BCUT2D eigenvalue weighted by Gasteiger charge is -2.21. The van der Waals surface area contributed by atoms with E-state index in [0.29, 0.717) is 23.1 Å². The van der Waals surface area contributed by atoms with Crippen LogP contribution in [0, 0.1) is 18.6 Å². The van der Waals surface area contributed by atoms with Crippen LogP contribution in [0.3, 0.4) is 0 Å². The summed E-state index contributed by atoms with van der Waals surface area (Å²) < 4.78 is 30.1. The normalized spacial score (nSPS) is 18.4. The van der Waals surface area contributed by atoms with Crippen molar-refractivity contribution in [3.05, 3.63) is 93.0 Å². The first kappa shape index (κ1) is 19.1. The summed E-state index contributed by atoms with van der Waals surface area (Å²) in [5, 5.41) is 0.0227. The summed E-state index contributed by atoms with van der Waals surface area (Å²) in [5.74, 6) is -0.412. The molecule has 0 heterocycles. The van der Waals surface area contributed by atoms with Gasteiger partial charge in [-0.2, -0.15) is 0 Å². The molecule has 3 aromatic carbocycles. The third kappa shape index (κ3) is 2.95. The summed E-state index contributed by atoms with van der Waals surface area (Å²) in [6.45, 7) is 5.92. The Morgan fingerprint density at radius 3 is 2.43 bits per heavy atom. The molecule has 1 aliphatic rings. The SMILES string of the molecule is CCc1ccc(C)c(-c2c(Cl)c(F)cc3c2[C@H](C)C(c2ccccc2)C3)c1F. The molecule has 0 radical (unpaired) electrons. The van der Waals surface area contributed by atoms with Gasteiger partial charge in [-0.15, -0.1) is 0 Å². The molecule has 0 bridgehead atoms. The smallest absolute Gasteiger partial charge is 0.142 e. The average molecular weight is 397 g/mol. The zero-order valence-electron chi connectivity index (χ0n) is 16.3. The van der Waals surface area contributed by atoms with Crippen LogP contribution < -0.4 is 0 Å². The van der Waals surface area contributed by atoms with E-state index in [1.54, 1.807) is 6.07 Å². The van der Waals surface area contributed by atoms with Gasteiger partial charge in [-0.05, 0) is 65.5 Å². The van der Waals surface area contributed by atoms with Crippen LogP contribution in [0.2, 0.25) is 5.02 Å². The van der Waals surface area contributed by atoms with E-state index in [1.165, 1.54) is 11.6 Å². The van der Waals surface area contributed by atoms with Crippen LogP contribution in [0.4, 0.5) is 8.78 Å². The van der Waals surface area contributed by atoms with E-state index >= 15 is 4.39 Å². The lowest BCUT2D eigenvalue weighted by atomic mass is 9.84. The van der Waals surface area contributed by atoms with E-state index < -0.39 is 5.82 Å². The minimum atomic E-state index is -0.475. The van der Waals surface area contributed by atoms with Crippen molar-refractivity contribution in [3.63, 3.8) is 0 Å². The summed E-state index contributed by atoms with van der Waals surface area (Å²) in [6, 6.07) is 15.5. The Morgan fingerprint density at radius 1 is 1.04 bits per heavy atom. The second kappa shape index (κ2) is 7.33. The lowest BCUT2D eigenvalue weighted by Crippen LogP contribution is -2.05. The van der Waals surface area contributed by atoms with E-state index in [9.17, 15) is 4.39 Å². The van der Waals surface area contributed by atoms with E-state index in [2.05, 4.69) is 19.1 Å². The molecule has 3 heteroatoms. The van der Waals surface area contributed by atoms with Gasteiger partial charge in [0.2, 0.25) is 0 Å². The van der Waals surface area contributed by atoms with Gasteiger partial charge in [0, 0.05) is 11.1 Å². The number of fused-ring (bicyclic) bond motifs is 1. The Hall–Kier alpha value is -2.19. The first-order valence-corrected chi connectivity index (χ1v) is 10.2. The predicted molar refractivity (Wildman–Crippen MR) is 112 cm³/mol. The molecule has 0 saturated carbocycles. The standard InChI is InChI=1S/C25H23ClF2/c1-4-16-11-10-14(2)21(25(16)28)23-22-15(3)19(17-8-6-5-7-9-17)12-18(22)13-20(27)24(23)26/h5-11,13,15,19H,4,12H2,1-3H3/t15-,19?/m1/s1. The molecule has 144 valence electrons. The van der Waals surface area contributed by atoms with Gasteiger partial charge in [-0.3, -0.25) is 0 Å². The molecule has 0 aromatic heterocycles. The summed E-state index contributed by atoms with van der Waals surface area (Å²) in [5.41, 5.74) is 5.51. The van der Waals surface area contributed by atoms with E-state index in [1.807, 2.05) is 38.1 Å². The highest BCUT2D eigenvalue weighted by Crippen LogP contribution is 2.51. The van der Waals surface area contributed by atoms with Crippen LogP contribution in [0.5, 0.6) is 0 Å². The first-order valence-electron chi connectivity index (χ1n) is 9.78. The second-order valence-electron chi connectivity index (χ2n) is 7.71. The van der Waals surface area contributed by atoms with Gasteiger partial charge < -0.3 is 0 Å². The van der Waals surface area contributed by atoms with E-state index in [0.717, 1.165) is 23.1 Å². The lowest BCUT2D eigenvalue weighted by molar-refractivity contribution is 0.611. The number of rotatable bonds is 3. The average Bonchev–Trinajstić information content (AvgIpc) is 3.01. The van der Waals surface area contributed by atoms with E-state index in [-0.39, 0.29) is 22.7 Å². The highest BCUT2D eigenvalue weighted by Gasteiger charge is 2.35. The van der Waals surface area contributed by atoms with Crippen LogP contribution in [-0.2, 0) is 12.8 Å². The topological polar surface area (TPSA) is 0 Å². The van der Waals surface area contributed by atoms with Crippen molar-refractivity contribution >= 4 is 11.6 Å². The molecule has 0 spiro atoms. The van der Waals surface area contributed by atoms with Gasteiger partial charge in [-0.25, -0.2) is 8.78 Å². The summed E-state index contributed by atoms with van der Waals surface area (Å²) in [6.07, 6.45) is 1.31. The Morgan fingerprint density at radius 2 is 1.75 bits per heavy atom. The van der Waals surface area contributed by atoms with Crippen LogP contribution in [-0.4, -0.2) is 0 Å². The monoisotopic (exact) mass is 396 g/mol. The summed E-state index contributed by atoms with van der Waals surface area (Å²) in [4.78, 5) is 0. The molecule has 1 unspecified atom stereocenters. The van der Waals surface area contributed by atoms with Crippen molar-refractivity contribution in [2.45, 2.75) is 45.4 Å². The molecule has 3 aromatic rings. The van der Waals surface area contributed by atoms with Crippen LogP contribution in [0.1, 0.15) is 53.5 Å². The number of aryl methyl sites for hydroxylation is 2. The third-order valence-electron chi connectivity index (χ3n) is 6.13. The van der Waals surface area contributed by atoms with Crippen molar-refractivity contribution in [2.24, 2.45) is 0 Å². The quantitative estimate of drug-likeness (QED) is 0.427.